The fraction of sp³-hybridized carbons (Fsp3) is 0.417. The monoisotopic (exact) mass is 499 g/mol. The van der Waals surface area contributed by atoms with Gasteiger partial charge in [-0.3, -0.25) is 0 Å². The van der Waals surface area contributed by atoms with E-state index in [0.29, 0.717) is 0 Å². The van der Waals surface area contributed by atoms with Crippen LogP contribution in [0.2, 0.25) is 0 Å². The molecule has 0 radical (unpaired) electrons. The Morgan fingerprint density at radius 2 is 1.47 bits per heavy atom. The molecule has 2 aromatic carbocycles. The summed E-state index contributed by atoms with van der Waals surface area (Å²) in [6.07, 6.45) is -5.90. The van der Waals surface area contributed by atoms with Crippen molar-refractivity contribution in [3.63, 3.8) is 0 Å². The van der Waals surface area contributed by atoms with Crippen LogP contribution in [0.15, 0.2) is 60.7 Å². The fourth-order valence-electron chi connectivity index (χ4n) is 2.70. The Morgan fingerprint density at radius 1 is 0.941 bits per heavy atom. The Morgan fingerprint density at radius 3 is 2.00 bits per heavy atom. The molecule has 0 aromatic heterocycles. The molecule has 6 nitrogen and oxygen atoms in total. The van der Waals surface area contributed by atoms with Crippen LogP contribution in [0, 0.1) is 0 Å². The predicted molar refractivity (Wildman–Crippen MR) is 123 cm³/mol. The first-order chi connectivity index (χ1) is 16.1. The number of halogens is 3. The van der Waals surface area contributed by atoms with Crippen molar-refractivity contribution in [1.29, 1.82) is 0 Å². The van der Waals surface area contributed by atoms with E-state index in [2.05, 4.69) is 5.32 Å². The number of rotatable bonds is 12. The van der Waals surface area contributed by atoms with Gasteiger partial charge in [-0.1, -0.05) is 60.7 Å². The van der Waals surface area contributed by atoms with Crippen molar-refractivity contribution in [2.45, 2.75) is 50.8 Å². The Balaban J connectivity index is 1.87. The maximum absolute atomic E-state index is 12.8. The van der Waals surface area contributed by atoms with Crippen LogP contribution in [-0.2, 0) is 27.5 Å². The molecule has 0 aliphatic heterocycles. The second kappa shape index (κ2) is 13.2. The Kier molecular flexibility index (Phi) is 10.7. The second-order valence-electron chi connectivity index (χ2n) is 7.77. The standard InChI is InChI=1S/C24H28F3NO5S/c1-23(31,24(25,26)27)13-15-34-14-12-20(21(29)32-16-18-8-4-2-5-9-18)28-22(30)33-17-19-10-6-3-7-11-19/h2-11,20,31H,12-17H2,1H3,(H,28,30)/t20-,23-/m0/s1. The lowest BCUT2D eigenvalue weighted by molar-refractivity contribution is -0.253. The van der Waals surface area contributed by atoms with E-state index < -0.39 is 36.3 Å². The van der Waals surface area contributed by atoms with Crippen LogP contribution < -0.4 is 5.32 Å². The number of nitrogens with one attached hydrogen (secondary N) is 1. The molecule has 10 heteroatoms. The summed E-state index contributed by atoms with van der Waals surface area (Å²) in [5.41, 5.74) is -1.24. The summed E-state index contributed by atoms with van der Waals surface area (Å²) in [5.74, 6) is -0.391. The summed E-state index contributed by atoms with van der Waals surface area (Å²) in [5, 5.41) is 12.0. The van der Waals surface area contributed by atoms with E-state index >= 15 is 0 Å². The van der Waals surface area contributed by atoms with E-state index in [1.807, 2.05) is 12.1 Å². The minimum atomic E-state index is -4.72. The van der Waals surface area contributed by atoms with Gasteiger partial charge in [-0.05, 0) is 42.4 Å². The summed E-state index contributed by atoms with van der Waals surface area (Å²) in [4.78, 5) is 24.8. The molecular weight excluding hydrogens is 471 g/mol. The molecule has 0 unspecified atom stereocenters. The van der Waals surface area contributed by atoms with E-state index in [0.717, 1.165) is 29.8 Å². The maximum Gasteiger partial charge on any atom is 0.416 e. The summed E-state index contributed by atoms with van der Waals surface area (Å²) < 4.78 is 48.7. The molecule has 0 fully saturated rings. The molecule has 0 aliphatic rings. The zero-order valence-electron chi connectivity index (χ0n) is 18.7. The molecular formula is C24H28F3NO5S. The number of benzene rings is 2. The first-order valence-electron chi connectivity index (χ1n) is 10.6. The third kappa shape index (κ3) is 9.64. The van der Waals surface area contributed by atoms with Gasteiger partial charge in [0.25, 0.3) is 0 Å². The molecule has 0 heterocycles. The molecule has 2 N–H and O–H groups in total. The number of alkyl carbamates (subject to hydrolysis) is 1. The summed E-state index contributed by atoms with van der Waals surface area (Å²) in [7, 11) is 0. The first kappa shape index (κ1) is 27.5. The largest absolute Gasteiger partial charge is 0.459 e. The second-order valence-corrected chi connectivity index (χ2v) is 9.00. The molecule has 0 saturated heterocycles. The number of thioether (sulfide) groups is 1. The highest BCUT2D eigenvalue weighted by Gasteiger charge is 2.49. The van der Waals surface area contributed by atoms with Crippen molar-refractivity contribution >= 4 is 23.8 Å². The number of hydrogen-bond acceptors (Lipinski definition) is 6. The number of ether oxygens (including phenoxy) is 2. The highest BCUT2D eigenvalue weighted by atomic mass is 32.2. The zero-order chi connectivity index (χ0) is 25.0. The van der Waals surface area contributed by atoms with Crippen LogP contribution in [0.1, 0.15) is 30.9 Å². The van der Waals surface area contributed by atoms with Crippen molar-refractivity contribution in [2.75, 3.05) is 11.5 Å². The molecule has 1 amide bonds. The minimum Gasteiger partial charge on any atom is -0.459 e. The predicted octanol–water partition coefficient (Wildman–Crippen LogP) is 4.85. The lowest BCUT2D eigenvalue weighted by atomic mass is 10.0. The van der Waals surface area contributed by atoms with Crippen LogP contribution in [0.4, 0.5) is 18.0 Å². The maximum atomic E-state index is 12.8. The normalized spacial score (nSPS) is 14.0. The Hall–Kier alpha value is -2.72. The average Bonchev–Trinajstić information content (AvgIpc) is 2.80. The summed E-state index contributed by atoms with van der Waals surface area (Å²) in [6, 6.07) is 16.9. The number of esters is 1. The SMILES string of the molecule is C[C@](O)(CCSCC[C@H](NC(=O)OCc1ccccc1)C(=O)OCc1ccccc1)C(F)(F)F. The molecule has 186 valence electrons. The summed E-state index contributed by atoms with van der Waals surface area (Å²) in [6.45, 7) is 0.750. The van der Waals surface area contributed by atoms with E-state index in [9.17, 15) is 27.9 Å². The highest BCUT2D eigenvalue weighted by molar-refractivity contribution is 7.99. The highest BCUT2D eigenvalue weighted by Crippen LogP contribution is 2.33. The molecule has 0 aliphatic carbocycles. The van der Waals surface area contributed by atoms with Crippen LogP contribution in [0.5, 0.6) is 0 Å². The minimum absolute atomic E-state index is 0.0124. The third-order valence-corrected chi connectivity index (χ3v) is 5.93. The van der Waals surface area contributed by atoms with Gasteiger partial charge in [-0.2, -0.15) is 24.9 Å². The Labute approximate surface area is 200 Å². The summed E-state index contributed by atoms with van der Waals surface area (Å²) >= 11 is 1.13. The van der Waals surface area contributed by atoms with Gasteiger partial charge in [0.15, 0.2) is 5.60 Å². The van der Waals surface area contributed by atoms with E-state index in [1.54, 1.807) is 48.5 Å². The number of amides is 1. The van der Waals surface area contributed by atoms with Crippen LogP contribution in [0.25, 0.3) is 0 Å². The van der Waals surface area contributed by atoms with E-state index in [4.69, 9.17) is 9.47 Å². The van der Waals surface area contributed by atoms with Crippen molar-refractivity contribution in [3.05, 3.63) is 71.8 Å². The van der Waals surface area contributed by atoms with Gasteiger partial charge < -0.3 is 19.9 Å². The lowest BCUT2D eigenvalue weighted by Gasteiger charge is -2.26. The molecule has 2 rings (SSSR count). The van der Waals surface area contributed by atoms with Crippen LogP contribution >= 0.6 is 11.8 Å². The van der Waals surface area contributed by atoms with Crippen LogP contribution in [0.3, 0.4) is 0 Å². The first-order valence-corrected chi connectivity index (χ1v) is 11.8. The smallest absolute Gasteiger partial charge is 0.416 e. The number of hydrogen-bond donors (Lipinski definition) is 2. The van der Waals surface area contributed by atoms with Crippen molar-refractivity contribution < 1.29 is 37.3 Å². The van der Waals surface area contributed by atoms with Gasteiger partial charge >= 0.3 is 18.2 Å². The molecule has 2 atom stereocenters. The number of alkyl halides is 3. The Bertz CT molecular complexity index is 894. The topological polar surface area (TPSA) is 84.9 Å². The fourth-order valence-corrected chi connectivity index (χ4v) is 3.85. The lowest BCUT2D eigenvalue weighted by Crippen LogP contribution is -2.43. The zero-order valence-corrected chi connectivity index (χ0v) is 19.5. The van der Waals surface area contributed by atoms with Gasteiger partial charge in [-0.25, -0.2) is 9.59 Å². The molecule has 34 heavy (non-hydrogen) atoms. The van der Waals surface area contributed by atoms with E-state index in [1.165, 1.54) is 0 Å². The average molecular weight is 500 g/mol. The molecule has 0 spiro atoms. The van der Waals surface area contributed by atoms with Crippen molar-refractivity contribution in [3.8, 4) is 0 Å². The van der Waals surface area contributed by atoms with Crippen LogP contribution in [-0.4, -0.2) is 46.5 Å². The van der Waals surface area contributed by atoms with Gasteiger partial charge in [0.05, 0.1) is 0 Å². The number of aliphatic hydroxyl groups is 1. The van der Waals surface area contributed by atoms with Gasteiger partial charge in [-0.15, -0.1) is 0 Å². The van der Waals surface area contributed by atoms with E-state index in [-0.39, 0.29) is 31.1 Å². The number of carbonyl (C=O) groups excluding carboxylic acids is 2. The molecule has 0 bridgehead atoms. The molecule has 2 aromatic rings. The van der Waals surface area contributed by atoms with Gasteiger partial charge in [0, 0.05) is 0 Å². The third-order valence-electron chi connectivity index (χ3n) is 4.91. The van der Waals surface area contributed by atoms with Gasteiger partial charge in [0.2, 0.25) is 0 Å². The number of carbonyl (C=O) groups is 2. The quantitative estimate of drug-likeness (QED) is 0.321. The van der Waals surface area contributed by atoms with Crippen molar-refractivity contribution in [2.24, 2.45) is 0 Å². The van der Waals surface area contributed by atoms with Crippen molar-refractivity contribution in [1.82, 2.24) is 5.32 Å². The van der Waals surface area contributed by atoms with Gasteiger partial charge in [0.1, 0.15) is 19.3 Å². The molecule has 0 saturated carbocycles.